The highest BCUT2D eigenvalue weighted by Gasteiger charge is 2.12. The molecule has 0 aromatic heterocycles. The molecule has 0 radical (unpaired) electrons. The molecule has 2 amide bonds. The van der Waals surface area contributed by atoms with E-state index in [1.54, 1.807) is 30.1 Å². The van der Waals surface area contributed by atoms with E-state index in [2.05, 4.69) is 10.6 Å². The summed E-state index contributed by atoms with van der Waals surface area (Å²) in [4.78, 5) is 26.0. The average molecular weight is 408 g/mol. The molecule has 1 atom stereocenters. The number of anilines is 1. The lowest BCUT2D eigenvalue weighted by molar-refractivity contribution is -0.123. The largest absolute Gasteiger partial charge is 0.350 e. The third kappa shape index (κ3) is 7.21. The van der Waals surface area contributed by atoms with E-state index in [1.807, 2.05) is 37.3 Å². The molecule has 0 aliphatic rings. The molecule has 0 fully saturated rings. The molecule has 0 aliphatic heterocycles. The zero-order valence-electron chi connectivity index (χ0n) is 15.3. The first kappa shape index (κ1) is 21.2. The number of hydrogen-bond acceptors (Lipinski definition) is 3. The normalized spacial score (nSPS) is 11.9. The Balaban J connectivity index is 1.73. The van der Waals surface area contributed by atoms with Crippen LogP contribution in [0.4, 0.5) is 5.69 Å². The van der Waals surface area contributed by atoms with Gasteiger partial charge in [0.2, 0.25) is 11.8 Å². The van der Waals surface area contributed by atoms with Gasteiger partial charge in [-0.2, -0.15) is 0 Å². The van der Waals surface area contributed by atoms with Crippen LogP contribution in [0.5, 0.6) is 0 Å². The number of likely N-dealkylation sites (N-methyl/N-ethyl adjacent to an activating group) is 1. The van der Waals surface area contributed by atoms with Crippen molar-refractivity contribution < 1.29 is 9.59 Å². The van der Waals surface area contributed by atoms with Crippen LogP contribution in [0, 0.1) is 0 Å². The van der Waals surface area contributed by atoms with Crippen molar-refractivity contribution in [1.82, 2.24) is 10.2 Å². The van der Waals surface area contributed by atoms with Gasteiger partial charge in [-0.3, -0.25) is 14.5 Å². The van der Waals surface area contributed by atoms with Crippen molar-refractivity contribution in [3.8, 4) is 0 Å². The third-order valence-corrected chi connectivity index (χ3v) is 4.75. The molecule has 2 N–H and O–H groups in total. The topological polar surface area (TPSA) is 61.4 Å². The minimum Gasteiger partial charge on any atom is -0.350 e. The lowest BCUT2D eigenvalue weighted by atomic mass is 10.1. The molecule has 0 aliphatic carbocycles. The van der Waals surface area contributed by atoms with Crippen LogP contribution in [0.25, 0.3) is 0 Å². The lowest BCUT2D eigenvalue weighted by Crippen LogP contribution is -2.34. The van der Waals surface area contributed by atoms with E-state index in [0.29, 0.717) is 28.7 Å². The Morgan fingerprint density at radius 2 is 1.74 bits per heavy atom. The summed E-state index contributed by atoms with van der Waals surface area (Å²) in [6.07, 6.45) is 0.313. The van der Waals surface area contributed by atoms with Crippen molar-refractivity contribution in [2.45, 2.75) is 19.4 Å². The van der Waals surface area contributed by atoms with Gasteiger partial charge in [-0.25, -0.2) is 0 Å². The van der Waals surface area contributed by atoms with Crippen molar-refractivity contribution in [3.63, 3.8) is 0 Å². The van der Waals surface area contributed by atoms with Gasteiger partial charge in [0, 0.05) is 18.7 Å². The smallest absolute Gasteiger partial charge is 0.238 e. The molecule has 0 bridgehead atoms. The lowest BCUT2D eigenvalue weighted by Gasteiger charge is -2.18. The van der Waals surface area contributed by atoms with Gasteiger partial charge >= 0.3 is 0 Å². The minimum absolute atomic E-state index is 0.0527. The van der Waals surface area contributed by atoms with E-state index >= 15 is 0 Å². The molecule has 0 heterocycles. The van der Waals surface area contributed by atoms with Gasteiger partial charge < -0.3 is 10.6 Å². The molecule has 0 saturated heterocycles. The number of nitrogens with zero attached hydrogens (tertiary/aromatic N) is 1. The van der Waals surface area contributed by atoms with Crippen LogP contribution in [-0.4, -0.2) is 36.9 Å². The van der Waals surface area contributed by atoms with Crippen LogP contribution < -0.4 is 10.6 Å². The zero-order valence-corrected chi connectivity index (χ0v) is 16.8. The van der Waals surface area contributed by atoms with Crippen molar-refractivity contribution >= 4 is 40.7 Å². The van der Waals surface area contributed by atoms with Crippen molar-refractivity contribution in [1.29, 1.82) is 0 Å². The Morgan fingerprint density at radius 1 is 1.04 bits per heavy atom. The van der Waals surface area contributed by atoms with E-state index in [4.69, 9.17) is 23.2 Å². The van der Waals surface area contributed by atoms with E-state index in [1.165, 1.54) is 0 Å². The van der Waals surface area contributed by atoms with Crippen molar-refractivity contribution in [2.75, 3.05) is 25.5 Å². The second-order valence-electron chi connectivity index (χ2n) is 6.36. The number of amides is 2. The fraction of sp³-hybridized carbons (Fsp3) is 0.300. The SMILES string of the molecule is CC(NC(=O)CCN(C)CC(=O)Nc1ccc(Cl)c(Cl)c1)c1ccccc1. The van der Waals surface area contributed by atoms with Crippen LogP contribution >= 0.6 is 23.2 Å². The molecule has 1 unspecified atom stereocenters. The van der Waals surface area contributed by atoms with Gasteiger partial charge in [-0.05, 0) is 37.7 Å². The number of benzene rings is 2. The number of halogens is 2. The van der Waals surface area contributed by atoms with E-state index in [9.17, 15) is 9.59 Å². The molecule has 2 rings (SSSR count). The maximum absolute atomic E-state index is 12.1. The molecule has 0 spiro atoms. The van der Waals surface area contributed by atoms with Gasteiger partial charge in [0.15, 0.2) is 0 Å². The molecular weight excluding hydrogens is 385 g/mol. The van der Waals surface area contributed by atoms with Gasteiger partial charge in [0.1, 0.15) is 0 Å². The zero-order chi connectivity index (χ0) is 19.8. The van der Waals surface area contributed by atoms with Crippen molar-refractivity contribution in [3.05, 3.63) is 64.1 Å². The van der Waals surface area contributed by atoms with Crippen LogP contribution in [0.3, 0.4) is 0 Å². The Hall–Kier alpha value is -2.08. The number of carbonyl (C=O) groups is 2. The number of carbonyl (C=O) groups excluding carboxylic acids is 2. The summed E-state index contributed by atoms with van der Waals surface area (Å²) in [7, 11) is 1.79. The maximum atomic E-state index is 12.1. The maximum Gasteiger partial charge on any atom is 0.238 e. The van der Waals surface area contributed by atoms with Gasteiger partial charge in [0.25, 0.3) is 0 Å². The summed E-state index contributed by atoms with van der Waals surface area (Å²) in [6.45, 7) is 2.59. The van der Waals surface area contributed by atoms with Gasteiger partial charge in [-0.15, -0.1) is 0 Å². The number of nitrogens with one attached hydrogen (secondary N) is 2. The van der Waals surface area contributed by atoms with Gasteiger partial charge in [0.05, 0.1) is 22.6 Å². The Morgan fingerprint density at radius 3 is 2.41 bits per heavy atom. The fourth-order valence-electron chi connectivity index (χ4n) is 2.53. The summed E-state index contributed by atoms with van der Waals surface area (Å²) in [5.74, 6) is -0.239. The molecule has 144 valence electrons. The molecule has 5 nitrogen and oxygen atoms in total. The Labute approximate surface area is 169 Å². The van der Waals surface area contributed by atoms with E-state index < -0.39 is 0 Å². The van der Waals surface area contributed by atoms with Crippen LogP contribution in [-0.2, 0) is 9.59 Å². The fourth-order valence-corrected chi connectivity index (χ4v) is 2.83. The highest BCUT2D eigenvalue weighted by atomic mass is 35.5. The molecule has 0 saturated carbocycles. The predicted molar refractivity (Wildman–Crippen MR) is 110 cm³/mol. The van der Waals surface area contributed by atoms with Crippen molar-refractivity contribution in [2.24, 2.45) is 0 Å². The summed E-state index contributed by atoms with van der Waals surface area (Å²) in [5, 5.41) is 6.54. The number of hydrogen-bond donors (Lipinski definition) is 2. The minimum atomic E-state index is -0.186. The first-order valence-corrected chi connectivity index (χ1v) is 9.38. The van der Waals surface area contributed by atoms with E-state index in [0.717, 1.165) is 5.56 Å². The molecule has 2 aromatic rings. The molecular formula is C20H23Cl2N3O2. The average Bonchev–Trinajstić information content (AvgIpc) is 2.63. The quantitative estimate of drug-likeness (QED) is 0.691. The highest BCUT2D eigenvalue weighted by molar-refractivity contribution is 6.42. The summed E-state index contributed by atoms with van der Waals surface area (Å²) in [5.41, 5.74) is 1.64. The highest BCUT2D eigenvalue weighted by Crippen LogP contribution is 2.24. The number of rotatable bonds is 8. The van der Waals surface area contributed by atoms with Gasteiger partial charge in [-0.1, -0.05) is 53.5 Å². The first-order valence-electron chi connectivity index (χ1n) is 8.63. The van der Waals surface area contributed by atoms with E-state index in [-0.39, 0.29) is 24.4 Å². The third-order valence-electron chi connectivity index (χ3n) is 4.01. The summed E-state index contributed by atoms with van der Waals surface area (Å²) in [6, 6.07) is 14.6. The molecule has 2 aromatic carbocycles. The van der Waals surface area contributed by atoms with Crippen LogP contribution in [0.1, 0.15) is 24.9 Å². The summed E-state index contributed by atoms with van der Waals surface area (Å²) < 4.78 is 0. The Kier molecular flexibility index (Phi) is 8.10. The van der Waals surface area contributed by atoms with Crippen LogP contribution in [0.2, 0.25) is 10.0 Å². The molecule has 7 heteroatoms. The monoisotopic (exact) mass is 407 g/mol. The van der Waals surface area contributed by atoms with Crippen LogP contribution in [0.15, 0.2) is 48.5 Å². The summed E-state index contributed by atoms with van der Waals surface area (Å²) >= 11 is 11.8. The second-order valence-corrected chi connectivity index (χ2v) is 7.18. The second kappa shape index (κ2) is 10.3. The molecule has 27 heavy (non-hydrogen) atoms. The first-order chi connectivity index (χ1) is 12.8. The standard InChI is InChI=1S/C20H23Cl2N3O2/c1-14(15-6-4-3-5-7-15)23-19(26)10-11-25(2)13-20(27)24-16-8-9-17(21)18(22)12-16/h3-9,12,14H,10-11,13H2,1-2H3,(H,23,26)(H,24,27). The predicted octanol–water partition coefficient (Wildman–Crippen LogP) is 4.13. The Bertz CT molecular complexity index is 784.